The summed E-state index contributed by atoms with van der Waals surface area (Å²) >= 11 is 0. The lowest BCUT2D eigenvalue weighted by Gasteiger charge is -2.17. The second-order valence-corrected chi connectivity index (χ2v) is 4.92. The van der Waals surface area contributed by atoms with Gasteiger partial charge in [0.1, 0.15) is 17.3 Å². The molecule has 0 saturated carbocycles. The topological polar surface area (TPSA) is 47.6 Å². The summed E-state index contributed by atoms with van der Waals surface area (Å²) in [7, 11) is 0. The first-order valence-electron chi connectivity index (χ1n) is 7.58. The number of halogens is 1. The van der Waals surface area contributed by atoms with Gasteiger partial charge >= 0.3 is 0 Å². The van der Waals surface area contributed by atoms with Crippen LogP contribution in [-0.4, -0.2) is 18.6 Å². The van der Waals surface area contributed by atoms with Crippen LogP contribution in [0.15, 0.2) is 48.5 Å². The average Bonchev–Trinajstić information content (AvgIpc) is 2.55. The zero-order valence-corrected chi connectivity index (χ0v) is 13.2. The van der Waals surface area contributed by atoms with Crippen LogP contribution in [0.5, 0.6) is 11.5 Å². The molecule has 0 spiro atoms. The monoisotopic (exact) mass is 317 g/mol. The largest absolute Gasteiger partial charge is 0.494 e. The fourth-order valence-electron chi connectivity index (χ4n) is 2.05. The number of rotatable bonds is 7. The van der Waals surface area contributed by atoms with Crippen molar-refractivity contribution in [2.75, 3.05) is 11.9 Å². The van der Waals surface area contributed by atoms with E-state index in [4.69, 9.17) is 9.47 Å². The number of carbonyl (C=O) groups is 1. The summed E-state index contributed by atoms with van der Waals surface area (Å²) in [5.74, 6) is 0.544. The van der Waals surface area contributed by atoms with Crippen LogP contribution in [0.25, 0.3) is 0 Å². The van der Waals surface area contributed by atoms with E-state index < -0.39 is 6.10 Å². The van der Waals surface area contributed by atoms with Crippen molar-refractivity contribution in [1.82, 2.24) is 0 Å². The molecule has 1 unspecified atom stereocenters. The van der Waals surface area contributed by atoms with Crippen molar-refractivity contribution in [2.24, 2.45) is 0 Å². The normalized spacial score (nSPS) is 11.6. The van der Waals surface area contributed by atoms with Crippen molar-refractivity contribution in [3.63, 3.8) is 0 Å². The van der Waals surface area contributed by atoms with Crippen molar-refractivity contribution in [3.8, 4) is 11.5 Å². The minimum atomic E-state index is -0.656. The summed E-state index contributed by atoms with van der Waals surface area (Å²) < 4.78 is 23.9. The number of carbonyl (C=O) groups excluding carboxylic acids is 1. The number of hydrogen-bond acceptors (Lipinski definition) is 3. The third-order valence-corrected chi connectivity index (χ3v) is 3.17. The molecule has 2 rings (SSSR count). The van der Waals surface area contributed by atoms with E-state index in [2.05, 4.69) is 5.32 Å². The lowest BCUT2D eigenvalue weighted by atomic mass is 10.2. The standard InChI is InChI=1S/C18H20FNO3/c1-3-17(23-15-10-8-13(19)9-11-15)18(21)20-14-6-5-7-16(12-14)22-4-2/h5-12,17H,3-4H2,1-2H3,(H,20,21). The summed E-state index contributed by atoms with van der Waals surface area (Å²) in [5, 5.41) is 2.81. The van der Waals surface area contributed by atoms with Crippen LogP contribution in [0.1, 0.15) is 20.3 Å². The molecule has 0 aliphatic rings. The lowest BCUT2D eigenvalue weighted by Crippen LogP contribution is -2.32. The molecule has 0 heterocycles. The van der Waals surface area contributed by atoms with E-state index in [0.29, 0.717) is 30.2 Å². The van der Waals surface area contributed by atoms with Crippen LogP contribution in [0, 0.1) is 5.82 Å². The number of benzene rings is 2. The van der Waals surface area contributed by atoms with Gasteiger partial charge in [0.25, 0.3) is 5.91 Å². The van der Waals surface area contributed by atoms with Crippen LogP contribution in [-0.2, 0) is 4.79 Å². The molecular formula is C18H20FNO3. The van der Waals surface area contributed by atoms with Gasteiger partial charge in [0.15, 0.2) is 6.10 Å². The van der Waals surface area contributed by atoms with E-state index in [0.717, 1.165) is 0 Å². The van der Waals surface area contributed by atoms with E-state index in [-0.39, 0.29) is 11.7 Å². The van der Waals surface area contributed by atoms with E-state index >= 15 is 0 Å². The molecule has 1 amide bonds. The van der Waals surface area contributed by atoms with Gasteiger partial charge in [0.2, 0.25) is 0 Å². The van der Waals surface area contributed by atoms with Crippen LogP contribution < -0.4 is 14.8 Å². The van der Waals surface area contributed by atoms with Gasteiger partial charge in [-0.3, -0.25) is 4.79 Å². The molecule has 1 atom stereocenters. The zero-order chi connectivity index (χ0) is 16.7. The van der Waals surface area contributed by atoms with Crippen molar-refractivity contribution in [2.45, 2.75) is 26.4 Å². The Morgan fingerprint density at radius 2 is 1.87 bits per heavy atom. The van der Waals surface area contributed by atoms with Gasteiger partial charge in [-0.05, 0) is 49.7 Å². The first-order chi connectivity index (χ1) is 11.1. The van der Waals surface area contributed by atoms with Gasteiger partial charge in [-0.15, -0.1) is 0 Å². The number of nitrogens with one attached hydrogen (secondary N) is 1. The second-order valence-electron chi connectivity index (χ2n) is 4.92. The Hall–Kier alpha value is -2.56. The lowest BCUT2D eigenvalue weighted by molar-refractivity contribution is -0.122. The first-order valence-corrected chi connectivity index (χ1v) is 7.58. The third-order valence-electron chi connectivity index (χ3n) is 3.17. The highest BCUT2D eigenvalue weighted by atomic mass is 19.1. The predicted octanol–water partition coefficient (Wildman–Crippen LogP) is 4.02. The molecule has 1 N–H and O–H groups in total. The highest BCUT2D eigenvalue weighted by Crippen LogP contribution is 2.19. The molecule has 0 aliphatic heterocycles. The molecule has 0 aliphatic carbocycles. The van der Waals surface area contributed by atoms with Crippen molar-refractivity contribution < 1.29 is 18.7 Å². The van der Waals surface area contributed by atoms with Crippen molar-refractivity contribution in [1.29, 1.82) is 0 Å². The molecule has 5 heteroatoms. The summed E-state index contributed by atoms with van der Waals surface area (Å²) in [4.78, 5) is 12.3. The number of ether oxygens (including phenoxy) is 2. The molecular weight excluding hydrogens is 297 g/mol. The Balaban J connectivity index is 2.02. The van der Waals surface area contributed by atoms with Crippen LogP contribution in [0.4, 0.5) is 10.1 Å². The Morgan fingerprint density at radius 1 is 1.13 bits per heavy atom. The minimum Gasteiger partial charge on any atom is -0.494 e. The highest BCUT2D eigenvalue weighted by molar-refractivity contribution is 5.94. The fourth-order valence-corrected chi connectivity index (χ4v) is 2.05. The van der Waals surface area contributed by atoms with Gasteiger partial charge in [-0.1, -0.05) is 13.0 Å². The highest BCUT2D eigenvalue weighted by Gasteiger charge is 2.18. The van der Waals surface area contributed by atoms with E-state index in [9.17, 15) is 9.18 Å². The Morgan fingerprint density at radius 3 is 2.52 bits per heavy atom. The van der Waals surface area contributed by atoms with E-state index in [1.165, 1.54) is 24.3 Å². The summed E-state index contributed by atoms with van der Waals surface area (Å²) in [6, 6.07) is 12.8. The van der Waals surface area contributed by atoms with Gasteiger partial charge in [0, 0.05) is 11.8 Å². The molecule has 0 bridgehead atoms. The third kappa shape index (κ3) is 4.98. The SMILES string of the molecule is CCOc1cccc(NC(=O)C(CC)Oc2ccc(F)cc2)c1. The molecule has 2 aromatic rings. The first kappa shape index (κ1) is 16.8. The maximum absolute atomic E-state index is 12.9. The zero-order valence-electron chi connectivity index (χ0n) is 13.2. The molecule has 23 heavy (non-hydrogen) atoms. The minimum absolute atomic E-state index is 0.259. The van der Waals surface area contributed by atoms with Gasteiger partial charge in [0.05, 0.1) is 6.61 Å². The van der Waals surface area contributed by atoms with Gasteiger partial charge in [-0.25, -0.2) is 4.39 Å². The Kier molecular flexibility index (Phi) is 5.97. The fraction of sp³-hybridized carbons (Fsp3) is 0.278. The molecule has 2 aromatic carbocycles. The maximum Gasteiger partial charge on any atom is 0.265 e. The Labute approximate surface area is 135 Å². The summed E-state index contributed by atoms with van der Waals surface area (Å²) in [6.07, 6.45) is -0.162. The van der Waals surface area contributed by atoms with Gasteiger partial charge in [-0.2, -0.15) is 0 Å². The molecule has 0 saturated heterocycles. The Bertz CT molecular complexity index is 643. The number of anilines is 1. The van der Waals surface area contributed by atoms with Crippen molar-refractivity contribution >= 4 is 11.6 Å². The average molecular weight is 317 g/mol. The van der Waals surface area contributed by atoms with Gasteiger partial charge < -0.3 is 14.8 Å². The predicted molar refractivity (Wildman–Crippen MR) is 87.3 cm³/mol. The van der Waals surface area contributed by atoms with Crippen LogP contribution in [0.2, 0.25) is 0 Å². The summed E-state index contributed by atoms with van der Waals surface area (Å²) in [5.41, 5.74) is 0.641. The van der Waals surface area contributed by atoms with Crippen molar-refractivity contribution in [3.05, 3.63) is 54.3 Å². The summed E-state index contributed by atoms with van der Waals surface area (Å²) in [6.45, 7) is 4.31. The number of hydrogen-bond donors (Lipinski definition) is 1. The molecule has 0 radical (unpaired) electrons. The molecule has 122 valence electrons. The maximum atomic E-state index is 12.9. The smallest absolute Gasteiger partial charge is 0.265 e. The quantitative estimate of drug-likeness (QED) is 0.839. The number of amides is 1. The molecule has 4 nitrogen and oxygen atoms in total. The van der Waals surface area contributed by atoms with E-state index in [1.54, 1.807) is 12.1 Å². The molecule has 0 aromatic heterocycles. The molecule has 0 fully saturated rings. The van der Waals surface area contributed by atoms with Crippen LogP contribution >= 0.6 is 0 Å². The van der Waals surface area contributed by atoms with Crippen LogP contribution in [0.3, 0.4) is 0 Å². The second kappa shape index (κ2) is 8.17. The van der Waals surface area contributed by atoms with E-state index in [1.807, 2.05) is 26.0 Å².